The van der Waals surface area contributed by atoms with Crippen molar-refractivity contribution in [3.63, 3.8) is 0 Å². The van der Waals surface area contributed by atoms with Crippen molar-refractivity contribution in [1.82, 2.24) is 4.72 Å². The van der Waals surface area contributed by atoms with Gasteiger partial charge in [0.05, 0.1) is 4.90 Å². The number of nitrogens with one attached hydrogen (secondary N) is 1. The zero-order chi connectivity index (χ0) is 12.3. The molecule has 0 aliphatic carbocycles. The van der Waals surface area contributed by atoms with E-state index < -0.39 is 22.5 Å². The summed E-state index contributed by atoms with van der Waals surface area (Å²) in [7, 11) is -3.74. The molecule has 1 aromatic carbocycles. The minimum atomic E-state index is -3.74. The number of carboxylic acid groups (broad SMARTS) is 1. The predicted molar refractivity (Wildman–Crippen MR) is 74.7 cm³/mol. The molecule has 5 nitrogen and oxygen atoms in total. The first-order valence-electron chi connectivity index (χ1n) is 3.99. The number of aliphatic carboxylic acids is 1. The topological polar surface area (TPSA) is 83.5 Å². The van der Waals surface area contributed by atoms with Crippen LogP contribution in [0.4, 0.5) is 0 Å². The Morgan fingerprint density at radius 3 is 2.19 bits per heavy atom. The SMILES string of the molecule is O=C(O)CNS(=O)(=O)c1cc(I)cc(I)c1. The summed E-state index contributed by atoms with van der Waals surface area (Å²) in [5.74, 6) is -1.22. The first-order valence-corrected chi connectivity index (χ1v) is 7.63. The van der Waals surface area contributed by atoms with Crippen molar-refractivity contribution in [2.24, 2.45) is 0 Å². The van der Waals surface area contributed by atoms with Crippen molar-refractivity contribution in [2.45, 2.75) is 4.90 Å². The van der Waals surface area contributed by atoms with E-state index in [1.807, 2.05) is 56.0 Å². The van der Waals surface area contributed by atoms with Crippen LogP contribution in [0.5, 0.6) is 0 Å². The van der Waals surface area contributed by atoms with Crippen molar-refractivity contribution in [2.75, 3.05) is 6.54 Å². The monoisotopic (exact) mass is 467 g/mol. The molecule has 0 aliphatic rings. The van der Waals surface area contributed by atoms with E-state index in [4.69, 9.17) is 5.11 Å². The largest absolute Gasteiger partial charge is 0.480 e. The van der Waals surface area contributed by atoms with Crippen molar-refractivity contribution in [3.8, 4) is 0 Å². The second-order valence-electron chi connectivity index (χ2n) is 2.82. The fraction of sp³-hybridized carbons (Fsp3) is 0.125. The third kappa shape index (κ3) is 4.14. The van der Waals surface area contributed by atoms with E-state index >= 15 is 0 Å². The Bertz CT molecular complexity index is 495. The number of hydrogen-bond acceptors (Lipinski definition) is 3. The van der Waals surface area contributed by atoms with Gasteiger partial charge < -0.3 is 5.11 Å². The highest BCUT2D eigenvalue weighted by atomic mass is 127. The number of carbonyl (C=O) groups is 1. The molecule has 0 atom stereocenters. The second-order valence-corrected chi connectivity index (χ2v) is 7.08. The maximum absolute atomic E-state index is 11.7. The highest BCUT2D eigenvalue weighted by Crippen LogP contribution is 2.17. The fourth-order valence-corrected chi connectivity index (χ4v) is 4.33. The van der Waals surface area contributed by atoms with Gasteiger partial charge in [0.1, 0.15) is 6.54 Å². The van der Waals surface area contributed by atoms with E-state index in [-0.39, 0.29) is 4.90 Å². The van der Waals surface area contributed by atoms with Crippen molar-refractivity contribution >= 4 is 61.2 Å². The standard InChI is InChI=1S/C8H7I2NO4S/c9-5-1-6(10)3-7(2-5)16(14,15)11-4-8(12)13/h1-3,11H,4H2,(H,12,13). The number of sulfonamides is 1. The molecular weight excluding hydrogens is 460 g/mol. The average molecular weight is 467 g/mol. The molecule has 1 rings (SSSR count). The van der Waals surface area contributed by atoms with Crippen molar-refractivity contribution < 1.29 is 18.3 Å². The zero-order valence-corrected chi connectivity index (χ0v) is 12.9. The van der Waals surface area contributed by atoms with Crippen LogP contribution >= 0.6 is 45.2 Å². The number of rotatable bonds is 4. The Morgan fingerprint density at radius 2 is 1.75 bits per heavy atom. The predicted octanol–water partition coefficient (Wildman–Crippen LogP) is 1.26. The van der Waals surface area contributed by atoms with E-state index in [1.54, 1.807) is 0 Å². The third-order valence-electron chi connectivity index (χ3n) is 1.56. The van der Waals surface area contributed by atoms with E-state index in [1.165, 1.54) is 12.1 Å². The Hall–Kier alpha value is 0.0600. The zero-order valence-electron chi connectivity index (χ0n) is 7.78. The molecule has 0 aromatic heterocycles. The summed E-state index contributed by atoms with van der Waals surface area (Å²) in [4.78, 5) is 10.4. The van der Waals surface area contributed by atoms with Gasteiger partial charge in [0, 0.05) is 7.14 Å². The lowest BCUT2D eigenvalue weighted by Crippen LogP contribution is -2.29. The van der Waals surface area contributed by atoms with Crippen LogP contribution < -0.4 is 4.72 Å². The molecule has 0 amide bonds. The van der Waals surface area contributed by atoms with Crippen LogP contribution in [0, 0.1) is 7.14 Å². The minimum Gasteiger partial charge on any atom is -0.480 e. The molecule has 0 fully saturated rings. The molecule has 0 saturated heterocycles. The van der Waals surface area contributed by atoms with Gasteiger partial charge in [-0.05, 0) is 63.4 Å². The third-order valence-corrected chi connectivity index (χ3v) is 4.19. The molecule has 16 heavy (non-hydrogen) atoms. The number of halogens is 2. The molecule has 2 N–H and O–H groups in total. The van der Waals surface area contributed by atoms with Crippen LogP contribution in [0.25, 0.3) is 0 Å². The Kier molecular flexibility index (Phi) is 4.94. The Morgan fingerprint density at radius 1 is 1.25 bits per heavy atom. The van der Waals surface area contributed by atoms with Crippen molar-refractivity contribution in [3.05, 3.63) is 25.3 Å². The normalized spacial score (nSPS) is 11.4. The van der Waals surface area contributed by atoms with E-state index in [0.717, 1.165) is 7.14 Å². The molecule has 88 valence electrons. The summed E-state index contributed by atoms with van der Waals surface area (Å²) >= 11 is 4.00. The van der Waals surface area contributed by atoms with E-state index in [0.29, 0.717) is 0 Å². The van der Waals surface area contributed by atoms with Crippen LogP contribution in [0.15, 0.2) is 23.1 Å². The van der Waals surface area contributed by atoms with Crippen molar-refractivity contribution in [1.29, 1.82) is 0 Å². The lowest BCUT2D eigenvalue weighted by molar-refractivity contribution is -0.135. The van der Waals surface area contributed by atoms with E-state index in [9.17, 15) is 13.2 Å². The first kappa shape index (κ1) is 14.1. The van der Waals surface area contributed by atoms with E-state index in [2.05, 4.69) is 0 Å². The van der Waals surface area contributed by atoms with Gasteiger partial charge in [-0.2, -0.15) is 4.72 Å². The van der Waals surface area contributed by atoms with Gasteiger partial charge in [0.2, 0.25) is 10.0 Å². The Labute approximate surface area is 120 Å². The summed E-state index contributed by atoms with van der Waals surface area (Å²) < 4.78 is 26.9. The summed E-state index contributed by atoms with van der Waals surface area (Å²) in [6.07, 6.45) is 0. The summed E-state index contributed by atoms with van der Waals surface area (Å²) in [5, 5.41) is 8.40. The smallest absolute Gasteiger partial charge is 0.318 e. The van der Waals surface area contributed by atoms with Gasteiger partial charge in [-0.3, -0.25) is 4.79 Å². The molecule has 0 radical (unpaired) electrons. The minimum absolute atomic E-state index is 0.0741. The molecular formula is C8H7I2NO4S. The molecule has 8 heteroatoms. The van der Waals surface area contributed by atoms with Crippen LogP contribution in [0.1, 0.15) is 0 Å². The summed E-state index contributed by atoms with van der Waals surface area (Å²) in [5.41, 5.74) is 0. The quantitative estimate of drug-likeness (QED) is 0.654. The summed E-state index contributed by atoms with van der Waals surface area (Å²) in [6, 6.07) is 4.77. The maximum atomic E-state index is 11.7. The number of benzene rings is 1. The molecule has 1 aromatic rings. The van der Waals surface area contributed by atoms with Gasteiger partial charge >= 0.3 is 5.97 Å². The average Bonchev–Trinajstić information content (AvgIpc) is 2.13. The molecule has 0 aliphatic heterocycles. The van der Waals surface area contributed by atoms with Gasteiger partial charge in [-0.15, -0.1) is 0 Å². The highest BCUT2D eigenvalue weighted by molar-refractivity contribution is 14.1. The molecule has 0 saturated carbocycles. The molecule has 0 heterocycles. The number of hydrogen-bond donors (Lipinski definition) is 2. The second kappa shape index (κ2) is 5.60. The van der Waals surface area contributed by atoms with Gasteiger partial charge in [0.15, 0.2) is 0 Å². The first-order chi connectivity index (χ1) is 7.31. The van der Waals surface area contributed by atoms with Gasteiger partial charge in [-0.25, -0.2) is 8.42 Å². The lowest BCUT2D eigenvalue weighted by Gasteiger charge is -2.05. The van der Waals surface area contributed by atoms with Crippen LogP contribution in [-0.4, -0.2) is 26.0 Å². The highest BCUT2D eigenvalue weighted by Gasteiger charge is 2.16. The lowest BCUT2D eigenvalue weighted by atomic mass is 10.4. The van der Waals surface area contributed by atoms with Crippen LogP contribution in [0.3, 0.4) is 0 Å². The van der Waals surface area contributed by atoms with Crippen LogP contribution in [-0.2, 0) is 14.8 Å². The molecule has 0 unspecified atom stereocenters. The molecule has 0 bridgehead atoms. The van der Waals surface area contributed by atoms with Crippen LogP contribution in [0.2, 0.25) is 0 Å². The molecule has 0 spiro atoms. The maximum Gasteiger partial charge on any atom is 0.318 e. The fourth-order valence-electron chi connectivity index (χ4n) is 0.924. The van der Waals surface area contributed by atoms with Gasteiger partial charge in [0.25, 0.3) is 0 Å². The summed E-state index contributed by atoms with van der Waals surface area (Å²) in [6.45, 7) is -0.621. The van der Waals surface area contributed by atoms with Gasteiger partial charge in [-0.1, -0.05) is 0 Å². The number of carboxylic acids is 1. The Balaban J connectivity index is 3.02.